The first-order chi connectivity index (χ1) is 14.5. The molecule has 32 heavy (non-hydrogen) atoms. The number of hydrogen-bond donors (Lipinski definition) is 2. The molecule has 2 N–H and O–H groups in total. The van der Waals surface area contributed by atoms with Gasteiger partial charge in [-0.05, 0) is 13.0 Å². The Morgan fingerprint density at radius 1 is 1.25 bits per heavy atom. The second kappa shape index (κ2) is 9.74. The predicted octanol–water partition coefficient (Wildman–Crippen LogP) is -5.80. The number of nitrogens with zero attached hydrogens (tertiary/aromatic N) is 3. The van der Waals surface area contributed by atoms with Crippen molar-refractivity contribution in [2.75, 3.05) is 26.2 Å². The third-order valence-electron chi connectivity index (χ3n) is 5.05. The van der Waals surface area contributed by atoms with Crippen molar-refractivity contribution in [3.63, 3.8) is 0 Å². The van der Waals surface area contributed by atoms with Crippen molar-refractivity contribution in [1.29, 1.82) is 0 Å². The van der Waals surface area contributed by atoms with Crippen LogP contribution in [0.2, 0.25) is 0 Å². The quantitative estimate of drug-likeness (QED) is 0.161. The number of amides is 6. The largest absolute Gasteiger partial charge is 1.00 e. The first-order valence-corrected chi connectivity index (χ1v) is 10.7. The van der Waals surface area contributed by atoms with E-state index in [1.54, 1.807) is 6.92 Å². The van der Waals surface area contributed by atoms with Crippen molar-refractivity contribution < 1.29 is 71.2 Å². The normalized spacial score (nSPS) is 25.1. The van der Waals surface area contributed by atoms with Crippen LogP contribution in [0.4, 0.5) is 4.79 Å². The number of likely N-dealkylation sites (N-methyl/N-ethyl adjacent to an activating group) is 1. The van der Waals surface area contributed by atoms with Crippen LogP contribution < -0.4 is 40.2 Å². The molecule has 2 saturated heterocycles. The van der Waals surface area contributed by atoms with Gasteiger partial charge < -0.3 is 19.5 Å². The number of carbonyl (C=O) groups is 5. The molecule has 0 aromatic rings. The molecular formula is C16H20N5NaO9S. The van der Waals surface area contributed by atoms with Gasteiger partial charge in [-0.25, -0.2) is 17.5 Å². The molecule has 6 amide bonds. The van der Waals surface area contributed by atoms with Crippen LogP contribution in [0, 0.1) is 0 Å². The van der Waals surface area contributed by atoms with E-state index < -0.39 is 64.7 Å². The Morgan fingerprint density at radius 3 is 2.47 bits per heavy atom. The summed E-state index contributed by atoms with van der Waals surface area (Å²) in [5.41, 5.74) is -1.57. The molecule has 170 valence electrons. The van der Waals surface area contributed by atoms with Crippen LogP contribution in [0.25, 0.3) is 0 Å². The van der Waals surface area contributed by atoms with E-state index in [-0.39, 0.29) is 53.4 Å². The van der Waals surface area contributed by atoms with E-state index >= 15 is 0 Å². The number of ether oxygens (including phenoxy) is 1. The van der Waals surface area contributed by atoms with Gasteiger partial charge in [-0.15, -0.1) is 0 Å². The molecule has 0 radical (unpaired) electrons. The fourth-order valence-electron chi connectivity index (χ4n) is 3.34. The van der Waals surface area contributed by atoms with Gasteiger partial charge in [-0.1, -0.05) is 0 Å². The first kappa shape index (κ1) is 26.1. The van der Waals surface area contributed by atoms with Gasteiger partial charge >= 0.3 is 47.4 Å². The van der Waals surface area contributed by atoms with E-state index in [9.17, 15) is 36.9 Å². The molecule has 3 aliphatic rings. The van der Waals surface area contributed by atoms with Gasteiger partial charge in [0.1, 0.15) is 6.04 Å². The monoisotopic (exact) mass is 481 g/mol. The van der Waals surface area contributed by atoms with Gasteiger partial charge in [0, 0.05) is 26.1 Å². The molecule has 3 aliphatic heterocycles. The number of imide groups is 1. The minimum Gasteiger partial charge on any atom is -0.731 e. The van der Waals surface area contributed by atoms with Crippen molar-refractivity contribution in [2.45, 2.75) is 31.5 Å². The zero-order valence-electron chi connectivity index (χ0n) is 17.4. The Bertz CT molecular complexity index is 961. The Labute approximate surface area is 205 Å². The van der Waals surface area contributed by atoms with E-state index in [0.717, 1.165) is 4.90 Å². The standard InChI is InChI=1S/C16H21N5O9S.Na/c1-2-19-5-6-20(14(25)13(19)24)15(26)18-16(4-3-7-30-16)8-11(22)17-10-9-21(12(10)23)31(27,28)29;/h3,7,10H,2,4-6,8-9H2,1H3,(H,17,22)(H,18,26)(H,27,28,29);/q;+1/p-1. The summed E-state index contributed by atoms with van der Waals surface area (Å²) in [6.45, 7) is 1.67. The third-order valence-corrected chi connectivity index (χ3v) is 5.92. The number of carbonyl (C=O) groups excluding carboxylic acids is 5. The molecule has 0 aliphatic carbocycles. The molecule has 3 heterocycles. The molecular weight excluding hydrogens is 461 g/mol. The van der Waals surface area contributed by atoms with E-state index in [1.165, 1.54) is 17.2 Å². The van der Waals surface area contributed by atoms with Gasteiger partial charge in [-0.3, -0.25) is 29.4 Å². The van der Waals surface area contributed by atoms with Crippen molar-refractivity contribution in [3.8, 4) is 0 Å². The molecule has 0 spiro atoms. The van der Waals surface area contributed by atoms with Crippen LogP contribution >= 0.6 is 0 Å². The SMILES string of the molecule is CCN1CCN(C(=O)NC2(CC(=O)NC3CN(S(=O)(=O)[O-])C3=O)CC=CO2)C(=O)C1=O.[Na+]. The number of hydrogen-bond acceptors (Lipinski definition) is 9. The fraction of sp³-hybridized carbons (Fsp3) is 0.562. The summed E-state index contributed by atoms with van der Waals surface area (Å²) in [7, 11) is -4.94. The molecule has 2 fully saturated rings. The van der Waals surface area contributed by atoms with Crippen molar-refractivity contribution in [3.05, 3.63) is 12.3 Å². The minimum atomic E-state index is -4.94. The summed E-state index contributed by atoms with van der Waals surface area (Å²) < 4.78 is 38.0. The predicted molar refractivity (Wildman–Crippen MR) is 98.0 cm³/mol. The summed E-state index contributed by atoms with van der Waals surface area (Å²) >= 11 is 0. The number of nitrogens with one attached hydrogen (secondary N) is 2. The smallest absolute Gasteiger partial charge is 0.731 e. The van der Waals surface area contributed by atoms with Gasteiger partial charge in [0.25, 0.3) is 5.91 Å². The van der Waals surface area contributed by atoms with Crippen LogP contribution in [0.1, 0.15) is 19.8 Å². The Kier molecular flexibility index (Phi) is 7.93. The number of piperazine rings is 1. The van der Waals surface area contributed by atoms with Crippen LogP contribution in [0.5, 0.6) is 0 Å². The Hall–Kier alpha value is -2.20. The minimum absolute atomic E-state index is 0. The third kappa shape index (κ3) is 5.23. The van der Waals surface area contributed by atoms with E-state index in [2.05, 4.69) is 10.6 Å². The molecule has 14 nitrogen and oxygen atoms in total. The van der Waals surface area contributed by atoms with Crippen molar-refractivity contribution in [2.24, 2.45) is 0 Å². The van der Waals surface area contributed by atoms with E-state index in [4.69, 9.17) is 4.74 Å². The zero-order valence-corrected chi connectivity index (χ0v) is 20.2. The average Bonchev–Trinajstić information content (AvgIpc) is 3.13. The van der Waals surface area contributed by atoms with E-state index in [0.29, 0.717) is 6.54 Å². The van der Waals surface area contributed by atoms with Crippen LogP contribution in [0.15, 0.2) is 12.3 Å². The number of rotatable bonds is 6. The summed E-state index contributed by atoms with van der Waals surface area (Å²) in [4.78, 5) is 62.9. The van der Waals surface area contributed by atoms with Crippen LogP contribution in [-0.4, -0.2) is 94.7 Å². The molecule has 0 aromatic carbocycles. The molecule has 3 rings (SSSR count). The Morgan fingerprint density at radius 2 is 1.94 bits per heavy atom. The second-order valence-electron chi connectivity index (χ2n) is 7.08. The topological polar surface area (TPSA) is 186 Å². The molecule has 0 saturated carbocycles. The average molecular weight is 481 g/mol. The molecule has 16 heteroatoms. The molecule has 2 unspecified atom stereocenters. The fourth-order valence-corrected chi connectivity index (χ4v) is 4.02. The van der Waals surface area contributed by atoms with Gasteiger partial charge in [0.2, 0.25) is 5.91 Å². The number of urea groups is 1. The number of β-lactam (4-membered cyclic amide) rings is 1. The molecule has 2 atom stereocenters. The second-order valence-corrected chi connectivity index (χ2v) is 8.38. The van der Waals surface area contributed by atoms with Gasteiger partial charge in [0.05, 0.1) is 19.2 Å². The van der Waals surface area contributed by atoms with Crippen LogP contribution in [0.3, 0.4) is 0 Å². The summed E-state index contributed by atoms with van der Waals surface area (Å²) in [6.07, 6.45) is 2.35. The zero-order chi connectivity index (χ0) is 23.0. The maximum absolute atomic E-state index is 12.6. The maximum Gasteiger partial charge on any atom is 1.00 e. The summed E-state index contributed by atoms with van der Waals surface area (Å²) in [6, 6.07) is -2.12. The van der Waals surface area contributed by atoms with Crippen molar-refractivity contribution >= 4 is 40.0 Å². The Balaban J connectivity index is 0.00000363. The first-order valence-electron chi connectivity index (χ1n) is 9.30. The van der Waals surface area contributed by atoms with Gasteiger partial charge in [0.15, 0.2) is 16.0 Å². The summed E-state index contributed by atoms with van der Waals surface area (Å²) in [5, 5.41) is 4.71. The van der Waals surface area contributed by atoms with E-state index in [1.807, 2.05) is 0 Å². The summed E-state index contributed by atoms with van der Waals surface area (Å²) in [5.74, 6) is -3.65. The van der Waals surface area contributed by atoms with Gasteiger partial charge in [-0.2, -0.15) is 0 Å². The molecule has 0 aromatic heterocycles. The van der Waals surface area contributed by atoms with Crippen molar-refractivity contribution in [1.82, 2.24) is 24.7 Å². The maximum atomic E-state index is 12.6. The van der Waals surface area contributed by atoms with Crippen LogP contribution in [-0.2, 0) is 34.2 Å². The molecule has 0 bridgehead atoms.